The fraction of sp³-hybridized carbons (Fsp3) is 0.412. The summed E-state index contributed by atoms with van der Waals surface area (Å²) in [5.74, 6) is 0.506. The number of alkyl halides is 1. The first kappa shape index (κ1) is 16.8. The Balaban J connectivity index is 1.96. The molecule has 0 radical (unpaired) electrons. The average Bonchev–Trinajstić information content (AvgIpc) is 3.06. The molecule has 0 spiro atoms. The number of carbonyl (C=O) groups excluding carboxylic acids is 1. The van der Waals surface area contributed by atoms with Crippen LogP contribution in [-0.4, -0.2) is 35.3 Å². The highest BCUT2D eigenvalue weighted by Crippen LogP contribution is 2.36. The quantitative estimate of drug-likeness (QED) is 0.752. The van der Waals surface area contributed by atoms with Gasteiger partial charge in [-0.1, -0.05) is 12.1 Å². The van der Waals surface area contributed by atoms with Crippen LogP contribution in [0.15, 0.2) is 30.5 Å². The predicted molar refractivity (Wildman–Crippen MR) is 91.4 cm³/mol. The van der Waals surface area contributed by atoms with Crippen molar-refractivity contribution in [3.05, 3.63) is 41.7 Å². The van der Waals surface area contributed by atoms with Crippen molar-refractivity contribution < 1.29 is 14.3 Å². The van der Waals surface area contributed by atoms with E-state index >= 15 is 0 Å². The van der Waals surface area contributed by atoms with Crippen LogP contribution in [0, 0.1) is 0 Å². The molecule has 0 saturated carbocycles. The van der Waals surface area contributed by atoms with Crippen LogP contribution in [-0.2, 0) is 29.2 Å². The SMILES string of the molecule is COCn1nccc1CN(C(=O)CCl)c1cccc2c1OCCC2. The van der Waals surface area contributed by atoms with Crippen molar-refractivity contribution in [2.24, 2.45) is 0 Å². The fourth-order valence-corrected chi connectivity index (χ4v) is 3.00. The Morgan fingerprint density at radius 2 is 2.33 bits per heavy atom. The number of amides is 1. The Morgan fingerprint density at radius 3 is 3.12 bits per heavy atom. The fourth-order valence-electron chi connectivity index (χ4n) is 2.86. The average molecular weight is 350 g/mol. The van der Waals surface area contributed by atoms with Gasteiger partial charge in [0.1, 0.15) is 18.4 Å². The maximum Gasteiger partial charge on any atom is 0.242 e. The molecule has 0 bridgehead atoms. The number of para-hydroxylation sites is 1. The zero-order valence-corrected chi connectivity index (χ0v) is 14.3. The highest BCUT2D eigenvalue weighted by molar-refractivity contribution is 6.29. The number of halogens is 1. The standard InChI is InChI=1S/C17H20ClN3O3/c1-23-12-21-14(7-8-19-21)11-20(16(22)10-18)15-6-2-4-13-5-3-9-24-17(13)15/h2,4,6-8H,3,5,9-12H2,1H3. The van der Waals surface area contributed by atoms with Crippen molar-refractivity contribution in [1.82, 2.24) is 9.78 Å². The zero-order valence-electron chi connectivity index (χ0n) is 13.6. The van der Waals surface area contributed by atoms with Gasteiger partial charge in [-0.15, -0.1) is 11.6 Å². The molecule has 0 saturated heterocycles. The summed E-state index contributed by atoms with van der Waals surface area (Å²) in [6.45, 7) is 1.35. The van der Waals surface area contributed by atoms with Crippen LogP contribution < -0.4 is 9.64 Å². The van der Waals surface area contributed by atoms with Gasteiger partial charge in [0.05, 0.1) is 24.5 Å². The second kappa shape index (κ2) is 7.68. The summed E-state index contributed by atoms with van der Waals surface area (Å²) in [4.78, 5) is 14.1. The lowest BCUT2D eigenvalue weighted by Crippen LogP contribution is -2.33. The lowest BCUT2D eigenvalue weighted by Gasteiger charge is -2.28. The Kier molecular flexibility index (Phi) is 5.37. The van der Waals surface area contributed by atoms with Crippen LogP contribution in [0.3, 0.4) is 0 Å². The van der Waals surface area contributed by atoms with Gasteiger partial charge < -0.3 is 14.4 Å². The highest BCUT2D eigenvalue weighted by atomic mass is 35.5. The molecule has 1 aliphatic heterocycles. The van der Waals surface area contributed by atoms with E-state index in [0.717, 1.165) is 35.5 Å². The summed E-state index contributed by atoms with van der Waals surface area (Å²) >= 11 is 5.84. The molecule has 1 aromatic carbocycles. The van der Waals surface area contributed by atoms with Gasteiger partial charge in [0.15, 0.2) is 0 Å². The minimum atomic E-state index is -0.176. The first-order valence-corrected chi connectivity index (χ1v) is 8.38. The Bertz CT molecular complexity index is 717. The number of methoxy groups -OCH3 is 1. The summed E-state index contributed by atoms with van der Waals surface area (Å²) in [6, 6.07) is 7.75. The van der Waals surface area contributed by atoms with Gasteiger partial charge in [-0.2, -0.15) is 5.10 Å². The summed E-state index contributed by atoms with van der Waals surface area (Å²) in [5.41, 5.74) is 2.74. The van der Waals surface area contributed by atoms with E-state index in [4.69, 9.17) is 21.1 Å². The molecule has 1 aliphatic rings. The van der Waals surface area contributed by atoms with Crippen LogP contribution in [0.25, 0.3) is 0 Å². The van der Waals surface area contributed by atoms with E-state index in [-0.39, 0.29) is 11.8 Å². The van der Waals surface area contributed by atoms with Gasteiger partial charge in [-0.3, -0.25) is 4.79 Å². The second-order valence-corrected chi connectivity index (χ2v) is 5.84. The minimum absolute atomic E-state index is 0.0952. The lowest BCUT2D eigenvalue weighted by molar-refractivity contribution is -0.116. The number of benzene rings is 1. The van der Waals surface area contributed by atoms with Crippen LogP contribution in [0.2, 0.25) is 0 Å². The topological polar surface area (TPSA) is 56.6 Å². The molecule has 2 aromatic rings. The molecule has 24 heavy (non-hydrogen) atoms. The predicted octanol–water partition coefficient (Wildman–Crippen LogP) is 2.58. The Hall–Kier alpha value is -2.05. The van der Waals surface area contributed by atoms with Crippen LogP contribution >= 0.6 is 11.6 Å². The molecule has 128 valence electrons. The van der Waals surface area contributed by atoms with Crippen molar-refractivity contribution in [2.45, 2.75) is 26.1 Å². The monoisotopic (exact) mass is 349 g/mol. The zero-order chi connectivity index (χ0) is 16.9. The number of fused-ring (bicyclic) bond motifs is 1. The molecule has 0 unspecified atom stereocenters. The lowest BCUT2D eigenvalue weighted by atomic mass is 10.0. The number of aromatic nitrogens is 2. The maximum absolute atomic E-state index is 12.5. The first-order valence-electron chi connectivity index (χ1n) is 7.85. The first-order chi connectivity index (χ1) is 11.7. The van der Waals surface area contributed by atoms with Gasteiger partial charge >= 0.3 is 0 Å². The molecule has 6 nitrogen and oxygen atoms in total. The van der Waals surface area contributed by atoms with Gasteiger partial charge in [-0.25, -0.2) is 4.68 Å². The van der Waals surface area contributed by atoms with Crippen molar-refractivity contribution in [3.63, 3.8) is 0 Å². The van der Waals surface area contributed by atoms with E-state index in [1.54, 1.807) is 22.9 Å². The number of hydrogen-bond acceptors (Lipinski definition) is 4. The minimum Gasteiger partial charge on any atom is -0.491 e. The number of anilines is 1. The van der Waals surface area contributed by atoms with E-state index in [1.165, 1.54) is 0 Å². The summed E-state index contributed by atoms with van der Waals surface area (Å²) in [6.07, 6.45) is 3.63. The van der Waals surface area contributed by atoms with Crippen molar-refractivity contribution >= 4 is 23.2 Å². The summed E-state index contributed by atoms with van der Waals surface area (Å²) < 4.78 is 12.7. The molecule has 2 heterocycles. The molecule has 0 aliphatic carbocycles. The Morgan fingerprint density at radius 1 is 1.46 bits per heavy atom. The van der Waals surface area contributed by atoms with Gasteiger partial charge in [-0.05, 0) is 30.5 Å². The highest BCUT2D eigenvalue weighted by Gasteiger charge is 2.24. The van der Waals surface area contributed by atoms with Gasteiger partial charge in [0.2, 0.25) is 5.91 Å². The molecule has 0 N–H and O–H groups in total. The Labute approximate surface area is 145 Å². The number of carbonyl (C=O) groups is 1. The van der Waals surface area contributed by atoms with E-state index in [9.17, 15) is 4.79 Å². The van der Waals surface area contributed by atoms with Crippen molar-refractivity contribution in [3.8, 4) is 5.75 Å². The van der Waals surface area contributed by atoms with Crippen LogP contribution in [0.4, 0.5) is 5.69 Å². The van der Waals surface area contributed by atoms with Crippen molar-refractivity contribution in [1.29, 1.82) is 0 Å². The van der Waals surface area contributed by atoms with E-state index < -0.39 is 0 Å². The third-order valence-electron chi connectivity index (χ3n) is 3.99. The molecule has 1 aromatic heterocycles. The third-order valence-corrected chi connectivity index (χ3v) is 4.22. The van der Waals surface area contributed by atoms with E-state index in [1.807, 2.05) is 24.3 Å². The van der Waals surface area contributed by atoms with Gasteiger partial charge in [0.25, 0.3) is 0 Å². The molecular weight excluding hydrogens is 330 g/mol. The van der Waals surface area contributed by atoms with Crippen molar-refractivity contribution in [2.75, 3.05) is 24.5 Å². The normalized spacial score (nSPS) is 13.2. The number of aryl methyl sites for hydroxylation is 1. The van der Waals surface area contributed by atoms with Crippen LogP contribution in [0.5, 0.6) is 5.75 Å². The molecule has 1 amide bonds. The molecule has 7 heteroatoms. The summed E-state index contributed by atoms with van der Waals surface area (Å²) in [5, 5.41) is 4.21. The number of nitrogens with zero attached hydrogens (tertiary/aromatic N) is 3. The maximum atomic E-state index is 12.5. The van der Waals surface area contributed by atoms with Gasteiger partial charge in [0, 0.05) is 13.3 Å². The third kappa shape index (κ3) is 3.39. The molecular formula is C17H20ClN3O3. The summed E-state index contributed by atoms with van der Waals surface area (Å²) in [7, 11) is 1.61. The van der Waals surface area contributed by atoms with Crippen LogP contribution in [0.1, 0.15) is 17.7 Å². The largest absolute Gasteiger partial charge is 0.491 e. The number of hydrogen-bond donors (Lipinski definition) is 0. The van der Waals surface area contributed by atoms with E-state index in [2.05, 4.69) is 5.10 Å². The molecule has 3 rings (SSSR count). The molecule has 0 fully saturated rings. The molecule has 0 atom stereocenters. The second-order valence-electron chi connectivity index (χ2n) is 5.57. The smallest absolute Gasteiger partial charge is 0.242 e. The number of rotatable bonds is 6. The number of ether oxygens (including phenoxy) is 2. The van der Waals surface area contributed by atoms with E-state index in [0.29, 0.717) is 19.9 Å².